The van der Waals surface area contributed by atoms with E-state index >= 15 is 0 Å². The average Bonchev–Trinajstić information content (AvgIpc) is 2.60. The Morgan fingerprint density at radius 3 is 2.78 bits per heavy atom. The molecule has 1 N–H and O–H groups in total. The summed E-state index contributed by atoms with van der Waals surface area (Å²) < 4.78 is 7.10. The normalized spacial score (nSPS) is 10.4. The Morgan fingerprint density at radius 2 is 2.11 bits per heavy atom. The fourth-order valence-corrected chi connectivity index (χ4v) is 1.98. The second-order valence-corrected chi connectivity index (χ2v) is 4.30. The Labute approximate surface area is 107 Å². The third-order valence-electron chi connectivity index (χ3n) is 2.83. The Hall–Kier alpha value is -2.04. The highest BCUT2D eigenvalue weighted by atomic mass is 16.5. The van der Waals surface area contributed by atoms with Crippen LogP contribution in [0.5, 0.6) is 5.88 Å². The fraction of sp³-hybridized carbons (Fsp3) is 0.385. The lowest BCUT2D eigenvalue weighted by molar-refractivity contribution is 0.370. The topological polar surface area (TPSA) is 52.0 Å². The second kappa shape index (κ2) is 5.08. The molecule has 0 radical (unpaired) electrons. The number of rotatable bonds is 4. The number of pyridine rings is 1. The van der Waals surface area contributed by atoms with Crippen molar-refractivity contribution in [1.82, 2.24) is 14.8 Å². The highest BCUT2D eigenvalue weighted by Gasteiger charge is 2.13. The van der Waals surface area contributed by atoms with Gasteiger partial charge in [-0.15, -0.1) is 0 Å². The summed E-state index contributed by atoms with van der Waals surface area (Å²) in [5.41, 5.74) is 4.18. The lowest BCUT2D eigenvalue weighted by atomic mass is 10.2. The van der Waals surface area contributed by atoms with Crippen LogP contribution in [0, 0.1) is 13.8 Å². The zero-order valence-corrected chi connectivity index (χ0v) is 11.2. The van der Waals surface area contributed by atoms with Gasteiger partial charge in [0.05, 0.1) is 24.1 Å². The molecule has 2 aromatic rings. The van der Waals surface area contributed by atoms with Crippen molar-refractivity contribution in [3.63, 3.8) is 0 Å². The van der Waals surface area contributed by atoms with Gasteiger partial charge >= 0.3 is 0 Å². The van der Waals surface area contributed by atoms with Crippen molar-refractivity contribution in [3.8, 4) is 5.88 Å². The Bertz CT molecular complexity index is 548. The molecular formula is C13H18N4O. The van der Waals surface area contributed by atoms with Gasteiger partial charge in [0.1, 0.15) is 0 Å². The number of nitrogens with zero attached hydrogens (tertiary/aromatic N) is 3. The van der Waals surface area contributed by atoms with Crippen LogP contribution in [-0.2, 0) is 13.6 Å². The smallest absolute Gasteiger partial charge is 0.216 e. The quantitative estimate of drug-likeness (QED) is 0.897. The molecule has 0 unspecified atom stereocenters. The van der Waals surface area contributed by atoms with Gasteiger partial charge in [-0.1, -0.05) is 0 Å². The molecule has 0 fully saturated rings. The zero-order chi connectivity index (χ0) is 13.1. The summed E-state index contributed by atoms with van der Waals surface area (Å²) in [7, 11) is 3.54. The Morgan fingerprint density at radius 1 is 1.33 bits per heavy atom. The number of ether oxygens (including phenoxy) is 1. The predicted octanol–water partition coefficient (Wildman–Crippen LogP) is 2.05. The van der Waals surface area contributed by atoms with Crippen molar-refractivity contribution >= 4 is 5.69 Å². The summed E-state index contributed by atoms with van der Waals surface area (Å²) in [5, 5.41) is 7.68. The van der Waals surface area contributed by atoms with E-state index in [0.29, 0.717) is 6.54 Å². The van der Waals surface area contributed by atoms with E-state index in [1.807, 2.05) is 33.3 Å². The van der Waals surface area contributed by atoms with Crippen LogP contribution >= 0.6 is 0 Å². The van der Waals surface area contributed by atoms with Crippen molar-refractivity contribution in [2.45, 2.75) is 20.4 Å². The third-order valence-corrected chi connectivity index (χ3v) is 2.83. The van der Waals surface area contributed by atoms with Gasteiger partial charge in [-0.3, -0.25) is 4.98 Å². The van der Waals surface area contributed by atoms with Crippen LogP contribution in [0.3, 0.4) is 0 Å². The monoisotopic (exact) mass is 246 g/mol. The minimum absolute atomic E-state index is 0.675. The van der Waals surface area contributed by atoms with E-state index in [4.69, 9.17) is 4.74 Å². The van der Waals surface area contributed by atoms with Crippen LogP contribution in [0.25, 0.3) is 0 Å². The van der Waals surface area contributed by atoms with Gasteiger partial charge in [0, 0.05) is 26.0 Å². The van der Waals surface area contributed by atoms with Gasteiger partial charge in [-0.25, -0.2) is 4.68 Å². The van der Waals surface area contributed by atoms with Gasteiger partial charge < -0.3 is 10.1 Å². The number of hydrogen-bond donors (Lipinski definition) is 1. The Kier molecular flexibility index (Phi) is 3.50. The molecule has 5 heteroatoms. The van der Waals surface area contributed by atoms with E-state index in [-0.39, 0.29) is 0 Å². The van der Waals surface area contributed by atoms with Crippen molar-refractivity contribution in [2.24, 2.45) is 7.05 Å². The number of hydrogen-bond acceptors (Lipinski definition) is 4. The lowest BCUT2D eigenvalue weighted by Gasteiger charge is -2.08. The highest BCUT2D eigenvalue weighted by Crippen LogP contribution is 2.22. The van der Waals surface area contributed by atoms with Crippen LogP contribution in [0.2, 0.25) is 0 Å². The van der Waals surface area contributed by atoms with Crippen molar-refractivity contribution in [3.05, 3.63) is 35.3 Å². The molecule has 2 aromatic heterocycles. The Balaban J connectivity index is 2.15. The van der Waals surface area contributed by atoms with Crippen LogP contribution in [-0.4, -0.2) is 21.9 Å². The molecule has 0 saturated heterocycles. The van der Waals surface area contributed by atoms with Crippen molar-refractivity contribution in [2.75, 3.05) is 12.4 Å². The van der Waals surface area contributed by atoms with E-state index < -0.39 is 0 Å². The molecule has 2 heterocycles. The maximum Gasteiger partial charge on any atom is 0.216 e. The summed E-state index contributed by atoms with van der Waals surface area (Å²) in [6.07, 6.45) is 3.65. The number of aryl methyl sites for hydroxylation is 3. The van der Waals surface area contributed by atoms with E-state index in [0.717, 1.165) is 28.4 Å². The first-order valence-electron chi connectivity index (χ1n) is 5.84. The molecule has 0 aliphatic carbocycles. The summed E-state index contributed by atoms with van der Waals surface area (Å²) in [6.45, 7) is 4.68. The number of aromatic nitrogens is 3. The molecule has 0 aromatic carbocycles. The first-order chi connectivity index (χ1) is 8.61. The first kappa shape index (κ1) is 12.4. The van der Waals surface area contributed by atoms with Gasteiger partial charge in [-0.2, -0.15) is 5.10 Å². The van der Waals surface area contributed by atoms with Crippen LogP contribution in [0.1, 0.15) is 16.8 Å². The largest absolute Gasteiger partial charge is 0.481 e. The summed E-state index contributed by atoms with van der Waals surface area (Å²) >= 11 is 0. The number of methoxy groups -OCH3 is 1. The van der Waals surface area contributed by atoms with Crippen molar-refractivity contribution < 1.29 is 4.74 Å². The molecule has 2 rings (SSSR count). The van der Waals surface area contributed by atoms with Gasteiger partial charge in [0.2, 0.25) is 5.88 Å². The molecule has 0 spiro atoms. The number of nitrogens with one attached hydrogen (secondary N) is 1. The molecule has 0 amide bonds. The summed E-state index contributed by atoms with van der Waals surface area (Å²) in [6, 6.07) is 2.06. The van der Waals surface area contributed by atoms with Crippen LogP contribution in [0.4, 0.5) is 5.69 Å². The molecule has 0 bridgehead atoms. The summed E-state index contributed by atoms with van der Waals surface area (Å²) in [5.74, 6) is 0.792. The molecular weight excluding hydrogens is 228 g/mol. The minimum Gasteiger partial charge on any atom is -0.481 e. The van der Waals surface area contributed by atoms with Crippen molar-refractivity contribution in [1.29, 1.82) is 0 Å². The highest BCUT2D eigenvalue weighted by molar-refractivity contribution is 5.44. The molecule has 0 aliphatic heterocycles. The maximum absolute atomic E-state index is 5.35. The number of anilines is 1. The molecule has 18 heavy (non-hydrogen) atoms. The summed E-state index contributed by atoms with van der Waals surface area (Å²) in [4.78, 5) is 4.15. The van der Waals surface area contributed by atoms with Gasteiger partial charge in [0.15, 0.2) is 0 Å². The van der Waals surface area contributed by atoms with Crippen LogP contribution < -0.4 is 10.1 Å². The minimum atomic E-state index is 0.675. The second-order valence-electron chi connectivity index (χ2n) is 4.30. The van der Waals surface area contributed by atoms with Crippen LogP contribution in [0.15, 0.2) is 18.5 Å². The fourth-order valence-electron chi connectivity index (χ4n) is 1.98. The first-order valence-corrected chi connectivity index (χ1v) is 5.84. The van der Waals surface area contributed by atoms with Gasteiger partial charge in [-0.05, 0) is 25.5 Å². The van der Waals surface area contributed by atoms with E-state index in [2.05, 4.69) is 21.5 Å². The molecule has 0 atom stereocenters. The molecule has 0 saturated carbocycles. The molecule has 96 valence electrons. The van der Waals surface area contributed by atoms with E-state index in [1.165, 1.54) is 0 Å². The van der Waals surface area contributed by atoms with E-state index in [9.17, 15) is 0 Å². The third kappa shape index (κ3) is 2.45. The zero-order valence-electron chi connectivity index (χ0n) is 11.2. The average molecular weight is 246 g/mol. The standard InChI is InChI=1S/C13H18N4O/c1-9-5-11(7-14-6-9)15-8-12-10(2)16-17(3)13(12)18-4/h5-7,15H,8H2,1-4H3. The maximum atomic E-state index is 5.35. The molecule has 5 nitrogen and oxygen atoms in total. The van der Waals surface area contributed by atoms with Gasteiger partial charge in [0.25, 0.3) is 0 Å². The SMILES string of the molecule is COc1c(CNc2cncc(C)c2)c(C)nn1C. The predicted molar refractivity (Wildman–Crippen MR) is 70.8 cm³/mol. The van der Waals surface area contributed by atoms with E-state index in [1.54, 1.807) is 11.8 Å². The lowest BCUT2D eigenvalue weighted by Crippen LogP contribution is -2.03. The molecule has 0 aliphatic rings.